The van der Waals surface area contributed by atoms with Gasteiger partial charge in [0.15, 0.2) is 0 Å². The summed E-state index contributed by atoms with van der Waals surface area (Å²) in [5.41, 5.74) is 2.47. The molecule has 0 amide bonds. The number of halogens is 1. The molecule has 0 bridgehead atoms. The van der Waals surface area contributed by atoms with Crippen LogP contribution in [0.4, 0.5) is 0 Å². The van der Waals surface area contributed by atoms with E-state index in [2.05, 4.69) is 18.8 Å². The lowest BCUT2D eigenvalue weighted by molar-refractivity contribution is 0.235. The van der Waals surface area contributed by atoms with Gasteiger partial charge in [0.1, 0.15) is 16.8 Å². The first-order chi connectivity index (χ1) is 13.6. The van der Waals surface area contributed by atoms with Gasteiger partial charge in [-0.25, -0.2) is 0 Å². The van der Waals surface area contributed by atoms with Crippen molar-refractivity contribution in [2.45, 2.75) is 42.2 Å². The summed E-state index contributed by atoms with van der Waals surface area (Å²) >= 11 is 7.56. The lowest BCUT2D eigenvalue weighted by Crippen LogP contribution is -1.98. The number of hydrogen-bond donors (Lipinski definition) is 1. The van der Waals surface area contributed by atoms with E-state index in [1.54, 1.807) is 11.8 Å². The second-order valence-corrected chi connectivity index (χ2v) is 7.94. The normalized spacial score (nSPS) is 11.7. The molecule has 144 valence electrons. The molecule has 0 radical (unpaired) electrons. The van der Waals surface area contributed by atoms with Gasteiger partial charge in [-0.3, -0.25) is 4.68 Å². The highest BCUT2D eigenvalue weighted by molar-refractivity contribution is 7.99. The average molecular weight is 411 g/mol. The first kappa shape index (κ1) is 20.5. The van der Waals surface area contributed by atoms with Gasteiger partial charge < -0.3 is 5.11 Å². The molecule has 0 unspecified atom stereocenters. The Morgan fingerprint density at radius 2 is 1.86 bits per heavy atom. The van der Waals surface area contributed by atoms with E-state index in [1.165, 1.54) is 0 Å². The number of rotatable bonds is 6. The van der Waals surface area contributed by atoms with Gasteiger partial charge in [0.25, 0.3) is 0 Å². The monoisotopic (exact) mass is 410 g/mol. The maximum absolute atomic E-state index is 10.9. The molecular weight excluding hydrogens is 388 g/mol. The Kier molecular flexibility index (Phi) is 7.22. The molecule has 1 atom stereocenters. The molecule has 0 saturated heterocycles. The van der Waals surface area contributed by atoms with Crippen molar-refractivity contribution in [3.63, 3.8) is 0 Å². The van der Waals surface area contributed by atoms with Gasteiger partial charge in [-0.2, -0.15) is 5.10 Å². The Morgan fingerprint density at radius 1 is 1.14 bits per heavy atom. The maximum Gasteiger partial charge on any atom is 0.145 e. The number of aromatic nitrogens is 2. The summed E-state index contributed by atoms with van der Waals surface area (Å²) < 4.78 is 1.81. The third-order valence-electron chi connectivity index (χ3n) is 4.27. The third-order valence-corrected chi connectivity index (χ3v) is 5.71. The summed E-state index contributed by atoms with van der Waals surface area (Å²) in [6.45, 7) is 2.13. The molecule has 0 aliphatic rings. The summed E-state index contributed by atoms with van der Waals surface area (Å²) in [7, 11) is 1.89. The minimum absolute atomic E-state index is 0.696. The van der Waals surface area contributed by atoms with Crippen LogP contribution in [-0.2, 0) is 7.05 Å². The fraction of sp³-hybridized carbons (Fsp3) is 0.261. The van der Waals surface area contributed by atoms with Crippen molar-refractivity contribution in [3.05, 3.63) is 65.2 Å². The highest BCUT2D eigenvalue weighted by atomic mass is 35.5. The molecule has 0 saturated carbocycles. The molecule has 0 aliphatic carbocycles. The molecular formula is C23H23ClN2OS. The van der Waals surface area contributed by atoms with Crippen LogP contribution in [0.25, 0.3) is 11.3 Å². The van der Waals surface area contributed by atoms with Gasteiger partial charge in [0.2, 0.25) is 0 Å². The van der Waals surface area contributed by atoms with Gasteiger partial charge >= 0.3 is 0 Å². The van der Waals surface area contributed by atoms with Crippen LogP contribution in [0.15, 0.2) is 64.5 Å². The number of aryl methyl sites for hydroxylation is 1. The summed E-state index contributed by atoms with van der Waals surface area (Å²) in [6, 6.07) is 17.6. The Bertz CT molecular complexity index is 972. The Labute approximate surface area is 175 Å². The molecule has 2 aromatic carbocycles. The highest BCUT2D eigenvalue weighted by Gasteiger charge is 2.23. The number of benzene rings is 2. The second-order valence-electron chi connectivity index (χ2n) is 6.44. The average Bonchev–Trinajstić information content (AvgIpc) is 3.04. The largest absolute Gasteiger partial charge is 0.376 e. The number of nitrogens with zero attached hydrogens (tertiary/aromatic N) is 2. The summed E-state index contributed by atoms with van der Waals surface area (Å²) in [5, 5.41) is 17.2. The first-order valence-corrected chi connectivity index (χ1v) is 10.5. The van der Waals surface area contributed by atoms with E-state index in [0.717, 1.165) is 46.0 Å². The maximum atomic E-state index is 10.9. The van der Waals surface area contributed by atoms with Gasteiger partial charge in [-0.15, -0.1) is 5.92 Å². The fourth-order valence-corrected chi connectivity index (χ4v) is 3.93. The van der Waals surface area contributed by atoms with Crippen molar-refractivity contribution < 1.29 is 5.11 Å². The van der Waals surface area contributed by atoms with Crippen LogP contribution in [0.5, 0.6) is 0 Å². The summed E-state index contributed by atoms with van der Waals surface area (Å²) in [6.07, 6.45) is 2.01. The van der Waals surface area contributed by atoms with Crippen molar-refractivity contribution in [2.75, 3.05) is 0 Å². The standard InChI is InChI=1S/C23H23ClN2OS/c1-3-4-5-9-12-20(27)21-22(17-10-7-6-8-11-17)25-26(2)23(21)28-19-15-13-18(24)14-16-19/h6-8,10-11,13-16,20,27H,3-5H2,1-2H3/t20-/m0/s1. The molecule has 0 spiro atoms. The molecule has 0 fully saturated rings. The van der Waals surface area contributed by atoms with Gasteiger partial charge in [-0.1, -0.05) is 73.0 Å². The zero-order chi connectivity index (χ0) is 19.9. The van der Waals surface area contributed by atoms with E-state index in [1.807, 2.05) is 66.3 Å². The minimum Gasteiger partial charge on any atom is -0.376 e. The van der Waals surface area contributed by atoms with E-state index >= 15 is 0 Å². The fourth-order valence-electron chi connectivity index (χ4n) is 2.82. The molecule has 0 aliphatic heterocycles. The van der Waals surface area contributed by atoms with Crippen LogP contribution in [-0.4, -0.2) is 14.9 Å². The molecule has 3 aromatic rings. The molecule has 28 heavy (non-hydrogen) atoms. The zero-order valence-electron chi connectivity index (χ0n) is 16.0. The van der Waals surface area contributed by atoms with E-state index in [0.29, 0.717) is 5.02 Å². The quantitative estimate of drug-likeness (QED) is 0.393. The van der Waals surface area contributed by atoms with Crippen molar-refractivity contribution in [2.24, 2.45) is 7.05 Å². The Hall–Kier alpha value is -2.19. The predicted octanol–water partition coefficient (Wildman–Crippen LogP) is 6.12. The van der Waals surface area contributed by atoms with Crippen molar-refractivity contribution >= 4 is 23.4 Å². The number of unbranched alkanes of at least 4 members (excludes halogenated alkanes) is 2. The van der Waals surface area contributed by atoms with Crippen molar-refractivity contribution in [1.82, 2.24) is 9.78 Å². The first-order valence-electron chi connectivity index (χ1n) is 9.32. The molecule has 1 aromatic heterocycles. The van der Waals surface area contributed by atoms with Crippen LogP contribution >= 0.6 is 23.4 Å². The van der Waals surface area contributed by atoms with Crippen molar-refractivity contribution in [1.29, 1.82) is 0 Å². The molecule has 1 N–H and O–H groups in total. The number of hydrogen-bond acceptors (Lipinski definition) is 3. The molecule has 1 heterocycles. The topological polar surface area (TPSA) is 38.1 Å². The number of aliphatic hydroxyl groups excluding tert-OH is 1. The molecule has 5 heteroatoms. The van der Waals surface area contributed by atoms with Crippen LogP contribution in [0.1, 0.15) is 37.9 Å². The van der Waals surface area contributed by atoms with Crippen molar-refractivity contribution in [3.8, 4) is 23.1 Å². The van der Waals surface area contributed by atoms with Crippen LogP contribution < -0.4 is 0 Å². The summed E-state index contributed by atoms with van der Waals surface area (Å²) in [5.74, 6) is 6.12. The summed E-state index contributed by atoms with van der Waals surface area (Å²) in [4.78, 5) is 1.03. The Balaban J connectivity index is 2.03. The van der Waals surface area contributed by atoms with Gasteiger partial charge in [-0.05, 0) is 30.7 Å². The molecule has 3 nitrogen and oxygen atoms in total. The second kappa shape index (κ2) is 9.84. The molecule has 3 rings (SSSR count). The predicted molar refractivity (Wildman–Crippen MR) is 116 cm³/mol. The minimum atomic E-state index is -0.893. The zero-order valence-corrected chi connectivity index (χ0v) is 17.6. The van der Waals surface area contributed by atoms with Crippen LogP contribution in [0, 0.1) is 11.8 Å². The smallest absolute Gasteiger partial charge is 0.145 e. The van der Waals surface area contributed by atoms with Gasteiger partial charge in [0, 0.05) is 29.0 Å². The van der Waals surface area contributed by atoms with Crippen LogP contribution in [0.3, 0.4) is 0 Å². The highest BCUT2D eigenvalue weighted by Crippen LogP contribution is 2.39. The lowest BCUT2D eigenvalue weighted by atomic mass is 10.0. The van der Waals surface area contributed by atoms with E-state index in [4.69, 9.17) is 16.7 Å². The third kappa shape index (κ3) is 4.99. The van der Waals surface area contributed by atoms with E-state index in [-0.39, 0.29) is 0 Å². The van der Waals surface area contributed by atoms with Crippen LogP contribution in [0.2, 0.25) is 5.02 Å². The van der Waals surface area contributed by atoms with E-state index in [9.17, 15) is 5.11 Å². The lowest BCUT2D eigenvalue weighted by Gasteiger charge is -2.09. The number of aliphatic hydroxyl groups is 1. The van der Waals surface area contributed by atoms with E-state index < -0.39 is 6.10 Å². The Morgan fingerprint density at radius 3 is 2.54 bits per heavy atom. The SMILES string of the molecule is CCCCC#C[C@H](O)c1c(-c2ccccc2)nn(C)c1Sc1ccc(Cl)cc1. The van der Waals surface area contributed by atoms with Gasteiger partial charge in [0.05, 0.1) is 5.56 Å².